The van der Waals surface area contributed by atoms with E-state index in [1.807, 2.05) is 6.07 Å². The van der Waals surface area contributed by atoms with Crippen molar-refractivity contribution >= 4 is 11.1 Å². The van der Waals surface area contributed by atoms with Crippen molar-refractivity contribution in [1.29, 1.82) is 0 Å². The summed E-state index contributed by atoms with van der Waals surface area (Å²) in [7, 11) is 0. The lowest BCUT2D eigenvalue weighted by atomic mass is 10.3. The molecule has 0 aliphatic carbocycles. The molecule has 0 radical (unpaired) electrons. The number of rotatable bonds is 3. The fraction of sp³-hybridized carbons (Fsp3) is 0.500. The van der Waals surface area contributed by atoms with E-state index in [1.54, 1.807) is 19.2 Å². The highest BCUT2D eigenvalue weighted by Crippen LogP contribution is 1.89. The number of hydrogen-bond acceptors (Lipinski definition) is 4. The van der Waals surface area contributed by atoms with Gasteiger partial charge in [-0.25, -0.2) is 4.21 Å². The van der Waals surface area contributed by atoms with Crippen LogP contribution in [0.2, 0.25) is 0 Å². The van der Waals surface area contributed by atoms with E-state index in [1.165, 1.54) is 0 Å². The van der Waals surface area contributed by atoms with Crippen molar-refractivity contribution < 1.29 is 13.9 Å². The lowest BCUT2D eigenvalue weighted by Crippen LogP contribution is -1.94. The van der Waals surface area contributed by atoms with E-state index >= 15 is 0 Å². The molecule has 80 valence electrons. The Hall–Kier alpha value is -0.850. The van der Waals surface area contributed by atoms with Crippen LogP contribution in [0, 0.1) is 0 Å². The first-order valence-corrected chi connectivity index (χ1v) is 5.43. The van der Waals surface area contributed by atoms with Gasteiger partial charge in [0.15, 0.2) is 11.1 Å². The van der Waals surface area contributed by atoms with Crippen molar-refractivity contribution in [2.75, 3.05) is 12.4 Å². The van der Waals surface area contributed by atoms with Crippen LogP contribution in [0.5, 0.6) is 0 Å². The topological polar surface area (TPSA) is 83.3 Å². The Balaban J connectivity index is 0.000000292. The highest BCUT2D eigenvalue weighted by molar-refractivity contribution is 7.79. The molecule has 1 unspecified atom stereocenters. The fourth-order valence-electron chi connectivity index (χ4n) is 0.581. The van der Waals surface area contributed by atoms with Crippen molar-refractivity contribution in [3.8, 4) is 0 Å². The van der Waals surface area contributed by atoms with E-state index < -0.39 is 11.1 Å². The first-order valence-electron chi connectivity index (χ1n) is 4.15. The van der Waals surface area contributed by atoms with Gasteiger partial charge in [0.25, 0.3) is 0 Å². The number of nitrogens with zero attached hydrogens (tertiary/aromatic N) is 2. The van der Waals surface area contributed by atoms with Crippen molar-refractivity contribution in [1.82, 2.24) is 10.2 Å². The Kier molecular flexibility index (Phi) is 8.20. The summed E-state index contributed by atoms with van der Waals surface area (Å²) in [5.74, 6) is 0.333. The minimum atomic E-state index is -1.57. The van der Waals surface area contributed by atoms with Crippen LogP contribution in [0.15, 0.2) is 18.3 Å². The SMILES string of the molecule is CCS(=O)O.OCCc1cccnn1. The standard InChI is InChI=1S/C6H8N2O.C2H6O2S/c9-5-3-6-2-1-4-7-8-6;1-2-5(3)4/h1-2,4,9H,3,5H2;2H2,1H3,(H,3,4). The molecule has 0 fully saturated rings. The number of aromatic nitrogens is 2. The zero-order chi connectivity index (χ0) is 10.8. The number of aliphatic hydroxyl groups excluding tert-OH is 1. The molecule has 6 heteroatoms. The molecule has 0 aliphatic rings. The Morgan fingerprint density at radius 3 is 2.57 bits per heavy atom. The highest BCUT2D eigenvalue weighted by atomic mass is 32.2. The minimum Gasteiger partial charge on any atom is -0.396 e. The average Bonchev–Trinajstić information content (AvgIpc) is 2.21. The van der Waals surface area contributed by atoms with E-state index in [9.17, 15) is 4.21 Å². The molecule has 0 aromatic carbocycles. The molecular formula is C8H14N2O3S. The molecule has 1 rings (SSSR count). The molecule has 0 amide bonds. The van der Waals surface area contributed by atoms with Crippen molar-refractivity contribution in [3.63, 3.8) is 0 Å². The second-order valence-electron chi connectivity index (χ2n) is 2.30. The van der Waals surface area contributed by atoms with E-state index in [0.717, 1.165) is 5.69 Å². The molecule has 0 bridgehead atoms. The van der Waals surface area contributed by atoms with Crippen LogP contribution < -0.4 is 0 Å². The van der Waals surface area contributed by atoms with Gasteiger partial charge in [-0.05, 0) is 12.1 Å². The van der Waals surface area contributed by atoms with Gasteiger partial charge < -0.3 is 9.66 Å². The van der Waals surface area contributed by atoms with Gasteiger partial charge in [0.2, 0.25) is 0 Å². The molecule has 14 heavy (non-hydrogen) atoms. The normalized spacial score (nSPS) is 11.4. The summed E-state index contributed by atoms with van der Waals surface area (Å²) in [4.78, 5) is 0. The minimum absolute atomic E-state index is 0.138. The Labute approximate surface area is 85.5 Å². The zero-order valence-corrected chi connectivity index (χ0v) is 8.78. The largest absolute Gasteiger partial charge is 0.396 e. The van der Waals surface area contributed by atoms with E-state index in [0.29, 0.717) is 12.2 Å². The second kappa shape index (κ2) is 8.74. The van der Waals surface area contributed by atoms with Crippen LogP contribution in [-0.2, 0) is 17.5 Å². The maximum Gasteiger partial charge on any atom is 0.152 e. The number of hydrogen-bond donors (Lipinski definition) is 2. The summed E-state index contributed by atoms with van der Waals surface area (Å²) in [5, 5.41) is 15.9. The molecule has 2 N–H and O–H groups in total. The van der Waals surface area contributed by atoms with Gasteiger partial charge in [0.1, 0.15) is 0 Å². The van der Waals surface area contributed by atoms with Crippen molar-refractivity contribution in [2.24, 2.45) is 0 Å². The summed E-state index contributed by atoms with van der Waals surface area (Å²) < 4.78 is 17.3. The smallest absolute Gasteiger partial charge is 0.152 e. The van der Waals surface area contributed by atoms with Gasteiger partial charge in [-0.1, -0.05) is 6.92 Å². The maximum absolute atomic E-state index is 9.48. The van der Waals surface area contributed by atoms with Crippen LogP contribution in [0.4, 0.5) is 0 Å². The Morgan fingerprint density at radius 2 is 2.21 bits per heavy atom. The van der Waals surface area contributed by atoms with Gasteiger partial charge >= 0.3 is 0 Å². The maximum atomic E-state index is 9.48. The van der Waals surface area contributed by atoms with E-state index in [2.05, 4.69) is 10.2 Å². The van der Waals surface area contributed by atoms with Gasteiger partial charge in [-0.3, -0.25) is 0 Å². The van der Waals surface area contributed by atoms with Crippen LogP contribution in [0.1, 0.15) is 12.6 Å². The quantitative estimate of drug-likeness (QED) is 0.710. The van der Waals surface area contributed by atoms with Crippen molar-refractivity contribution in [3.05, 3.63) is 24.0 Å². The molecule has 1 aromatic rings. The summed E-state index contributed by atoms with van der Waals surface area (Å²) in [6, 6.07) is 3.64. The molecule has 0 saturated carbocycles. The number of aliphatic hydroxyl groups is 1. The van der Waals surface area contributed by atoms with Gasteiger partial charge in [-0.15, -0.1) is 0 Å². The van der Waals surface area contributed by atoms with Crippen LogP contribution in [0.3, 0.4) is 0 Å². The first-order chi connectivity index (χ1) is 6.70. The molecule has 5 nitrogen and oxygen atoms in total. The molecular weight excluding hydrogens is 204 g/mol. The Bertz CT molecular complexity index is 256. The lowest BCUT2D eigenvalue weighted by molar-refractivity contribution is 0.298. The van der Waals surface area contributed by atoms with Gasteiger partial charge in [0.05, 0.1) is 5.69 Å². The summed E-state index contributed by atoms with van der Waals surface area (Å²) in [6.45, 7) is 1.79. The summed E-state index contributed by atoms with van der Waals surface area (Å²) >= 11 is -1.57. The highest BCUT2D eigenvalue weighted by Gasteiger charge is 1.88. The zero-order valence-electron chi connectivity index (χ0n) is 7.96. The second-order valence-corrected chi connectivity index (χ2v) is 3.52. The third kappa shape index (κ3) is 7.78. The first kappa shape index (κ1) is 13.2. The van der Waals surface area contributed by atoms with Gasteiger partial charge in [-0.2, -0.15) is 10.2 Å². The lowest BCUT2D eigenvalue weighted by Gasteiger charge is -1.91. The monoisotopic (exact) mass is 218 g/mol. The van der Waals surface area contributed by atoms with Crippen LogP contribution >= 0.6 is 0 Å². The van der Waals surface area contributed by atoms with E-state index in [4.69, 9.17) is 9.66 Å². The predicted molar refractivity (Wildman–Crippen MR) is 54.1 cm³/mol. The van der Waals surface area contributed by atoms with E-state index in [-0.39, 0.29) is 6.61 Å². The average molecular weight is 218 g/mol. The van der Waals surface area contributed by atoms with Crippen LogP contribution in [-0.4, -0.2) is 36.4 Å². The van der Waals surface area contributed by atoms with Gasteiger partial charge in [0, 0.05) is 25.0 Å². The summed E-state index contributed by atoms with van der Waals surface area (Å²) in [5.41, 5.74) is 0.833. The third-order valence-corrected chi connectivity index (χ3v) is 1.74. The molecule has 1 atom stereocenters. The fourth-order valence-corrected chi connectivity index (χ4v) is 0.581. The summed E-state index contributed by atoms with van der Waals surface area (Å²) in [6.07, 6.45) is 2.20. The molecule has 0 spiro atoms. The van der Waals surface area contributed by atoms with Crippen LogP contribution in [0.25, 0.3) is 0 Å². The molecule has 0 aliphatic heterocycles. The molecule has 0 saturated heterocycles. The molecule has 1 heterocycles. The van der Waals surface area contributed by atoms with Crippen molar-refractivity contribution in [2.45, 2.75) is 13.3 Å². The predicted octanol–water partition coefficient (Wildman–Crippen LogP) is 0.239. The molecule has 1 aromatic heterocycles. The third-order valence-electron chi connectivity index (χ3n) is 1.24. The Morgan fingerprint density at radius 1 is 1.57 bits per heavy atom.